The Labute approximate surface area is 105 Å². The van der Waals surface area contributed by atoms with Crippen LogP contribution in [0.1, 0.15) is 58.8 Å². The second-order valence-electron chi connectivity index (χ2n) is 6.02. The minimum absolute atomic E-state index is 0.150. The number of nitrogens with zero attached hydrogens (tertiary/aromatic N) is 1. The molecule has 98 valence electrons. The first-order chi connectivity index (χ1) is 8.12. The van der Waals surface area contributed by atoms with Gasteiger partial charge >= 0.3 is 0 Å². The van der Waals surface area contributed by atoms with Crippen LogP contribution in [0.4, 0.5) is 0 Å². The highest BCUT2D eigenvalue weighted by atomic mass is 16.2. The van der Waals surface area contributed by atoms with Crippen molar-refractivity contribution in [3.8, 4) is 0 Å². The quantitative estimate of drug-likeness (QED) is 0.817. The second-order valence-corrected chi connectivity index (χ2v) is 6.02. The van der Waals surface area contributed by atoms with Crippen molar-refractivity contribution >= 4 is 5.91 Å². The van der Waals surface area contributed by atoms with Crippen LogP contribution in [-0.2, 0) is 4.79 Å². The highest BCUT2D eigenvalue weighted by molar-refractivity contribution is 5.78. The summed E-state index contributed by atoms with van der Waals surface area (Å²) in [4.78, 5) is 14.6. The SMILES string of the molecule is CCC1CCC(C)N1C(=O)CC1(CN)CCC1. The van der Waals surface area contributed by atoms with Crippen LogP contribution in [0.25, 0.3) is 0 Å². The smallest absolute Gasteiger partial charge is 0.223 e. The lowest BCUT2D eigenvalue weighted by molar-refractivity contribution is -0.137. The Bertz CT molecular complexity index is 280. The second kappa shape index (κ2) is 4.97. The van der Waals surface area contributed by atoms with E-state index in [1.807, 2.05) is 0 Å². The van der Waals surface area contributed by atoms with Crippen molar-refractivity contribution in [2.45, 2.75) is 70.9 Å². The van der Waals surface area contributed by atoms with Crippen molar-refractivity contribution in [1.29, 1.82) is 0 Å². The lowest BCUT2D eigenvalue weighted by Crippen LogP contribution is -2.46. The zero-order valence-electron chi connectivity index (χ0n) is 11.2. The molecule has 1 saturated heterocycles. The van der Waals surface area contributed by atoms with Crippen LogP contribution in [-0.4, -0.2) is 29.4 Å². The maximum absolute atomic E-state index is 12.5. The molecular weight excluding hydrogens is 212 g/mol. The Balaban J connectivity index is 1.99. The van der Waals surface area contributed by atoms with Crippen molar-refractivity contribution in [2.75, 3.05) is 6.54 Å². The molecule has 0 aromatic carbocycles. The fraction of sp³-hybridized carbons (Fsp3) is 0.929. The van der Waals surface area contributed by atoms with Gasteiger partial charge in [0.05, 0.1) is 0 Å². The molecule has 1 saturated carbocycles. The summed E-state index contributed by atoms with van der Waals surface area (Å²) in [5.41, 5.74) is 6.00. The Morgan fingerprint density at radius 3 is 2.59 bits per heavy atom. The molecule has 1 aliphatic heterocycles. The maximum atomic E-state index is 12.5. The van der Waals surface area contributed by atoms with Gasteiger partial charge in [-0.25, -0.2) is 0 Å². The lowest BCUT2D eigenvalue weighted by atomic mass is 9.66. The number of rotatable bonds is 4. The van der Waals surface area contributed by atoms with Gasteiger partial charge in [-0.15, -0.1) is 0 Å². The molecular formula is C14H26N2O. The fourth-order valence-electron chi connectivity index (χ4n) is 3.46. The number of likely N-dealkylation sites (tertiary alicyclic amines) is 1. The third-order valence-corrected chi connectivity index (χ3v) is 4.92. The van der Waals surface area contributed by atoms with Gasteiger partial charge in [-0.3, -0.25) is 4.79 Å². The van der Waals surface area contributed by atoms with Gasteiger partial charge in [0.25, 0.3) is 0 Å². The van der Waals surface area contributed by atoms with Gasteiger partial charge in [-0.2, -0.15) is 0 Å². The van der Waals surface area contributed by atoms with Crippen LogP contribution in [0.2, 0.25) is 0 Å². The molecule has 2 atom stereocenters. The van der Waals surface area contributed by atoms with E-state index in [2.05, 4.69) is 18.7 Å². The number of carbonyl (C=O) groups excluding carboxylic acids is 1. The van der Waals surface area contributed by atoms with Gasteiger partial charge < -0.3 is 10.6 Å². The molecule has 2 unspecified atom stereocenters. The average molecular weight is 238 g/mol. The van der Waals surface area contributed by atoms with Crippen LogP contribution in [0, 0.1) is 5.41 Å². The molecule has 17 heavy (non-hydrogen) atoms. The highest BCUT2D eigenvalue weighted by Crippen LogP contribution is 2.44. The molecule has 2 rings (SSSR count). The Kier molecular flexibility index (Phi) is 3.76. The van der Waals surface area contributed by atoms with Crippen LogP contribution >= 0.6 is 0 Å². The van der Waals surface area contributed by atoms with E-state index in [1.54, 1.807) is 0 Å². The lowest BCUT2D eigenvalue weighted by Gasteiger charge is -2.42. The van der Waals surface area contributed by atoms with Crippen LogP contribution in [0.3, 0.4) is 0 Å². The summed E-state index contributed by atoms with van der Waals surface area (Å²) < 4.78 is 0. The maximum Gasteiger partial charge on any atom is 0.223 e. The minimum atomic E-state index is 0.150. The highest BCUT2D eigenvalue weighted by Gasteiger charge is 2.41. The molecule has 0 spiro atoms. The van der Waals surface area contributed by atoms with Crippen molar-refractivity contribution in [2.24, 2.45) is 11.1 Å². The summed E-state index contributed by atoms with van der Waals surface area (Å²) in [6.45, 7) is 5.05. The third kappa shape index (κ3) is 2.35. The number of carbonyl (C=O) groups is 1. The normalized spacial score (nSPS) is 31.4. The summed E-state index contributed by atoms with van der Waals surface area (Å²) >= 11 is 0. The standard InChI is InChI=1S/C14H26N2O/c1-3-12-6-5-11(2)16(12)13(17)9-14(10-15)7-4-8-14/h11-12H,3-10,15H2,1-2H3. The summed E-state index contributed by atoms with van der Waals surface area (Å²) in [6.07, 6.45) is 7.66. The van der Waals surface area contributed by atoms with E-state index in [9.17, 15) is 4.79 Å². The molecule has 0 bridgehead atoms. The molecule has 2 fully saturated rings. The molecule has 3 heteroatoms. The van der Waals surface area contributed by atoms with E-state index in [-0.39, 0.29) is 5.41 Å². The van der Waals surface area contributed by atoms with E-state index in [1.165, 1.54) is 19.3 Å². The Hall–Kier alpha value is -0.570. The zero-order valence-corrected chi connectivity index (χ0v) is 11.2. The van der Waals surface area contributed by atoms with Crippen molar-refractivity contribution < 1.29 is 4.79 Å². The monoisotopic (exact) mass is 238 g/mol. The predicted octanol–water partition coefficient (Wildman–Crippen LogP) is 2.29. The largest absolute Gasteiger partial charge is 0.337 e. The van der Waals surface area contributed by atoms with E-state index < -0.39 is 0 Å². The van der Waals surface area contributed by atoms with E-state index in [0.29, 0.717) is 31.0 Å². The van der Waals surface area contributed by atoms with Crippen LogP contribution in [0.5, 0.6) is 0 Å². The van der Waals surface area contributed by atoms with Gasteiger partial charge in [-0.1, -0.05) is 13.3 Å². The summed E-state index contributed by atoms with van der Waals surface area (Å²) in [5, 5.41) is 0. The van der Waals surface area contributed by atoms with Crippen molar-refractivity contribution in [1.82, 2.24) is 4.90 Å². The molecule has 2 N–H and O–H groups in total. The van der Waals surface area contributed by atoms with E-state index in [4.69, 9.17) is 5.73 Å². The number of hydrogen-bond donors (Lipinski definition) is 1. The van der Waals surface area contributed by atoms with Gasteiger partial charge in [0, 0.05) is 18.5 Å². The van der Waals surface area contributed by atoms with Crippen LogP contribution in [0.15, 0.2) is 0 Å². The third-order valence-electron chi connectivity index (χ3n) is 4.92. The van der Waals surface area contributed by atoms with E-state index in [0.717, 1.165) is 19.3 Å². The number of hydrogen-bond acceptors (Lipinski definition) is 2. The molecule has 1 aliphatic carbocycles. The average Bonchev–Trinajstić information content (AvgIpc) is 2.64. The predicted molar refractivity (Wildman–Crippen MR) is 69.6 cm³/mol. The Morgan fingerprint density at radius 2 is 2.12 bits per heavy atom. The van der Waals surface area contributed by atoms with Crippen molar-refractivity contribution in [3.05, 3.63) is 0 Å². The summed E-state index contributed by atoms with van der Waals surface area (Å²) in [7, 11) is 0. The molecule has 3 nitrogen and oxygen atoms in total. The van der Waals surface area contributed by atoms with Gasteiger partial charge in [0.2, 0.25) is 5.91 Å². The molecule has 1 heterocycles. The van der Waals surface area contributed by atoms with Gasteiger partial charge in [-0.05, 0) is 51.0 Å². The molecule has 0 aromatic heterocycles. The summed E-state index contributed by atoms with van der Waals surface area (Å²) in [5.74, 6) is 0.354. The van der Waals surface area contributed by atoms with E-state index >= 15 is 0 Å². The first kappa shape index (κ1) is 12.9. The number of amides is 1. The Morgan fingerprint density at radius 1 is 1.41 bits per heavy atom. The molecule has 0 radical (unpaired) electrons. The zero-order chi connectivity index (χ0) is 12.5. The topological polar surface area (TPSA) is 46.3 Å². The fourth-order valence-corrected chi connectivity index (χ4v) is 3.46. The van der Waals surface area contributed by atoms with Crippen LogP contribution < -0.4 is 5.73 Å². The first-order valence-electron chi connectivity index (χ1n) is 7.13. The van der Waals surface area contributed by atoms with Gasteiger partial charge in [0.15, 0.2) is 0 Å². The molecule has 2 aliphatic rings. The minimum Gasteiger partial charge on any atom is -0.337 e. The molecule has 0 aromatic rings. The number of nitrogens with two attached hydrogens (primary N) is 1. The van der Waals surface area contributed by atoms with Gasteiger partial charge in [0.1, 0.15) is 0 Å². The van der Waals surface area contributed by atoms with Crippen molar-refractivity contribution in [3.63, 3.8) is 0 Å². The first-order valence-corrected chi connectivity index (χ1v) is 7.13. The summed E-state index contributed by atoms with van der Waals surface area (Å²) in [6, 6.07) is 0.912. The molecule has 1 amide bonds.